The van der Waals surface area contributed by atoms with Gasteiger partial charge < -0.3 is 4.74 Å². The second kappa shape index (κ2) is 10.2. The van der Waals surface area contributed by atoms with Gasteiger partial charge >= 0.3 is 5.97 Å². The third-order valence-electron chi connectivity index (χ3n) is 3.51. The number of rotatable bonds is 9. The van der Waals surface area contributed by atoms with Crippen LogP contribution in [0.5, 0.6) is 0 Å². The number of carbonyl (C=O) groups excluding carboxylic acids is 1. The molecule has 0 unspecified atom stereocenters. The first-order valence-corrected chi connectivity index (χ1v) is 8.06. The molecule has 0 bridgehead atoms. The van der Waals surface area contributed by atoms with Crippen molar-refractivity contribution in [2.75, 3.05) is 13.2 Å². The van der Waals surface area contributed by atoms with Crippen LogP contribution in [0.25, 0.3) is 0 Å². The average Bonchev–Trinajstić information content (AvgIpc) is 2.64. The molecule has 1 N–H and O–H groups in total. The fourth-order valence-electron chi connectivity index (χ4n) is 2.31. The van der Waals surface area contributed by atoms with Crippen molar-refractivity contribution in [2.45, 2.75) is 12.5 Å². The molecule has 24 heavy (non-hydrogen) atoms. The summed E-state index contributed by atoms with van der Waals surface area (Å²) in [7, 11) is 0. The van der Waals surface area contributed by atoms with Gasteiger partial charge in [-0.25, -0.2) is 4.79 Å². The Balaban J connectivity index is 1.90. The summed E-state index contributed by atoms with van der Waals surface area (Å²) in [6.07, 6.45) is 6.57. The predicted octanol–water partition coefficient (Wildman–Crippen LogP) is 3.85. The molecule has 3 heteroatoms. The maximum atomic E-state index is 12.2. The lowest BCUT2D eigenvalue weighted by Crippen LogP contribution is -2.30. The Morgan fingerprint density at radius 3 is 2.38 bits per heavy atom. The van der Waals surface area contributed by atoms with Crippen molar-refractivity contribution >= 4 is 5.97 Å². The molecule has 2 rings (SSSR count). The second-order valence-electron chi connectivity index (χ2n) is 5.33. The highest BCUT2D eigenvalue weighted by Crippen LogP contribution is 2.14. The van der Waals surface area contributed by atoms with Gasteiger partial charge in [-0.3, -0.25) is 5.32 Å². The maximum Gasteiger partial charge on any atom is 0.328 e. The summed E-state index contributed by atoms with van der Waals surface area (Å²) >= 11 is 0. The van der Waals surface area contributed by atoms with E-state index < -0.39 is 6.04 Å². The number of benzene rings is 2. The van der Waals surface area contributed by atoms with Crippen LogP contribution < -0.4 is 5.32 Å². The highest BCUT2D eigenvalue weighted by Gasteiger charge is 2.20. The molecule has 3 nitrogen and oxygen atoms in total. The lowest BCUT2D eigenvalue weighted by atomic mass is 10.1. The Hall–Kier alpha value is -2.65. The molecule has 0 aliphatic carbocycles. The Labute approximate surface area is 143 Å². The van der Waals surface area contributed by atoms with E-state index in [1.807, 2.05) is 54.6 Å². The largest absolute Gasteiger partial charge is 0.460 e. The standard InChI is InChI=1S/C21H23NO2/c1-2-17-24-21(23)20(19-14-7-4-8-15-19)22-16-10-9-13-18-11-5-3-6-12-18/h2-12,14-15,20,22H,1,13,16-17H2/t20-/m0/s1. The number of ether oxygens (including phenoxy) is 1. The Kier molecular flexibility index (Phi) is 7.51. The van der Waals surface area contributed by atoms with E-state index in [0.29, 0.717) is 6.54 Å². The molecular weight excluding hydrogens is 298 g/mol. The van der Waals surface area contributed by atoms with Gasteiger partial charge in [-0.15, -0.1) is 0 Å². The molecule has 0 spiro atoms. The van der Waals surface area contributed by atoms with Crippen LogP contribution in [0.15, 0.2) is 85.5 Å². The highest BCUT2D eigenvalue weighted by atomic mass is 16.5. The Bertz CT molecular complexity index is 650. The van der Waals surface area contributed by atoms with E-state index in [4.69, 9.17) is 4.74 Å². The van der Waals surface area contributed by atoms with Crippen LogP contribution in [-0.2, 0) is 16.0 Å². The molecule has 0 amide bonds. The van der Waals surface area contributed by atoms with Gasteiger partial charge in [-0.2, -0.15) is 0 Å². The third kappa shape index (κ3) is 5.86. The van der Waals surface area contributed by atoms with Crippen molar-refractivity contribution in [3.63, 3.8) is 0 Å². The monoisotopic (exact) mass is 321 g/mol. The number of hydrogen-bond donors (Lipinski definition) is 1. The first-order valence-electron chi connectivity index (χ1n) is 8.06. The van der Waals surface area contributed by atoms with Crippen LogP contribution >= 0.6 is 0 Å². The minimum Gasteiger partial charge on any atom is -0.460 e. The highest BCUT2D eigenvalue weighted by molar-refractivity contribution is 5.77. The number of esters is 1. The van der Waals surface area contributed by atoms with E-state index in [1.54, 1.807) is 6.08 Å². The molecule has 2 aromatic rings. The second-order valence-corrected chi connectivity index (χ2v) is 5.33. The molecule has 0 saturated heterocycles. The van der Waals surface area contributed by atoms with E-state index >= 15 is 0 Å². The summed E-state index contributed by atoms with van der Waals surface area (Å²) < 4.78 is 5.19. The first-order chi connectivity index (χ1) is 11.8. The fraction of sp³-hybridized carbons (Fsp3) is 0.190. The van der Waals surface area contributed by atoms with Gasteiger partial charge in [0.25, 0.3) is 0 Å². The van der Waals surface area contributed by atoms with Gasteiger partial charge in [0.1, 0.15) is 12.6 Å². The molecule has 0 heterocycles. The van der Waals surface area contributed by atoms with Gasteiger partial charge in [0.15, 0.2) is 0 Å². The molecule has 0 saturated carbocycles. The smallest absolute Gasteiger partial charge is 0.328 e. The topological polar surface area (TPSA) is 38.3 Å². The number of nitrogens with one attached hydrogen (secondary N) is 1. The van der Waals surface area contributed by atoms with Crippen LogP contribution in [0.2, 0.25) is 0 Å². The molecule has 0 fully saturated rings. The lowest BCUT2D eigenvalue weighted by Gasteiger charge is -2.16. The minimum absolute atomic E-state index is 0.216. The maximum absolute atomic E-state index is 12.2. The zero-order valence-electron chi connectivity index (χ0n) is 13.7. The lowest BCUT2D eigenvalue weighted by molar-refractivity contribution is -0.145. The van der Waals surface area contributed by atoms with Crippen molar-refractivity contribution in [2.24, 2.45) is 0 Å². The zero-order chi connectivity index (χ0) is 17.0. The van der Waals surface area contributed by atoms with Crippen molar-refractivity contribution in [3.05, 3.63) is 96.6 Å². The molecule has 0 aromatic heterocycles. The minimum atomic E-state index is -0.479. The molecule has 0 aliphatic heterocycles. The van der Waals surface area contributed by atoms with E-state index in [9.17, 15) is 4.79 Å². The molecule has 124 valence electrons. The molecule has 2 aromatic carbocycles. The molecule has 1 atom stereocenters. The van der Waals surface area contributed by atoms with E-state index in [0.717, 1.165) is 12.0 Å². The number of allylic oxidation sites excluding steroid dienone is 1. The fourth-order valence-corrected chi connectivity index (χ4v) is 2.31. The van der Waals surface area contributed by atoms with Crippen molar-refractivity contribution in [1.29, 1.82) is 0 Å². The van der Waals surface area contributed by atoms with Gasteiger partial charge in [0, 0.05) is 6.54 Å². The third-order valence-corrected chi connectivity index (χ3v) is 3.51. The van der Waals surface area contributed by atoms with Crippen LogP contribution in [0.1, 0.15) is 17.2 Å². The van der Waals surface area contributed by atoms with Crippen LogP contribution in [0.3, 0.4) is 0 Å². The van der Waals surface area contributed by atoms with Crippen molar-refractivity contribution in [1.82, 2.24) is 5.32 Å². The Morgan fingerprint density at radius 1 is 1.04 bits per heavy atom. The van der Waals surface area contributed by atoms with Crippen molar-refractivity contribution < 1.29 is 9.53 Å². The molecular formula is C21H23NO2. The van der Waals surface area contributed by atoms with E-state index in [1.165, 1.54) is 5.56 Å². The molecule has 0 radical (unpaired) electrons. The van der Waals surface area contributed by atoms with Crippen LogP contribution in [-0.4, -0.2) is 19.1 Å². The van der Waals surface area contributed by atoms with Crippen LogP contribution in [0, 0.1) is 0 Å². The van der Waals surface area contributed by atoms with Gasteiger partial charge in [0.2, 0.25) is 0 Å². The summed E-state index contributed by atoms with van der Waals surface area (Å²) in [5.41, 5.74) is 2.15. The van der Waals surface area contributed by atoms with Gasteiger partial charge in [-0.05, 0) is 17.5 Å². The normalized spacial score (nSPS) is 12.0. The Morgan fingerprint density at radius 2 is 1.71 bits per heavy atom. The number of carbonyl (C=O) groups is 1. The number of hydrogen-bond acceptors (Lipinski definition) is 3. The zero-order valence-corrected chi connectivity index (χ0v) is 13.7. The summed E-state index contributed by atoms with van der Waals surface area (Å²) in [5, 5.41) is 3.24. The van der Waals surface area contributed by atoms with Crippen LogP contribution in [0.4, 0.5) is 0 Å². The average molecular weight is 321 g/mol. The van der Waals surface area contributed by atoms with Gasteiger partial charge in [0.05, 0.1) is 0 Å². The van der Waals surface area contributed by atoms with E-state index in [2.05, 4.69) is 30.1 Å². The predicted molar refractivity (Wildman–Crippen MR) is 97.6 cm³/mol. The SMILES string of the molecule is C=CCOC(=O)[C@@H](NCC=CCc1ccccc1)c1ccccc1. The summed E-state index contributed by atoms with van der Waals surface area (Å²) in [6, 6.07) is 19.4. The summed E-state index contributed by atoms with van der Waals surface area (Å²) in [4.78, 5) is 12.2. The van der Waals surface area contributed by atoms with E-state index in [-0.39, 0.29) is 12.6 Å². The summed E-state index contributed by atoms with van der Waals surface area (Å²) in [6.45, 7) is 4.38. The van der Waals surface area contributed by atoms with Gasteiger partial charge in [-0.1, -0.05) is 85.5 Å². The molecule has 0 aliphatic rings. The first kappa shape index (κ1) is 17.7. The quantitative estimate of drug-likeness (QED) is 0.563. The summed E-state index contributed by atoms with van der Waals surface area (Å²) in [5.74, 6) is -0.294. The van der Waals surface area contributed by atoms with Crippen molar-refractivity contribution in [3.8, 4) is 0 Å².